The second kappa shape index (κ2) is 5.03. The third kappa shape index (κ3) is 2.51. The van der Waals surface area contributed by atoms with Crippen LogP contribution >= 0.6 is 11.6 Å². The van der Waals surface area contributed by atoms with E-state index in [9.17, 15) is 10.1 Å². The van der Waals surface area contributed by atoms with Crippen molar-refractivity contribution in [1.29, 1.82) is 0 Å². The molecule has 0 unspecified atom stereocenters. The highest BCUT2D eigenvalue weighted by molar-refractivity contribution is 6.31. The van der Waals surface area contributed by atoms with Gasteiger partial charge in [-0.3, -0.25) is 10.1 Å². The Bertz CT molecular complexity index is 482. The molecule has 8 heteroatoms. The molecule has 7 nitrogen and oxygen atoms in total. The van der Waals surface area contributed by atoms with Crippen LogP contribution in [0, 0.1) is 17.0 Å². The van der Waals surface area contributed by atoms with Gasteiger partial charge in [0.05, 0.1) is 17.6 Å². The fraction of sp³-hybridized carbons (Fsp3) is 0.600. The third-order valence-corrected chi connectivity index (χ3v) is 2.92. The monoisotopic (exact) mass is 272 g/mol. The number of halogens is 1. The van der Waals surface area contributed by atoms with Crippen molar-refractivity contribution in [2.24, 2.45) is 0 Å². The van der Waals surface area contributed by atoms with Crippen molar-refractivity contribution in [3.63, 3.8) is 0 Å². The van der Waals surface area contributed by atoms with Crippen LogP contribution < -0.4 is 4.90 Å². The predicted molar refractivity (Wildman–Crippen MR) is 66.1 cm³/mol. The molecule has 0 saturated carbocycles. The molecule has 1 aromatic rings. The van der Waals surface area contributed by atoms with Gasteiger partial charge in [-0.1, -0.05) is 11.6 Å². The molecular formula is C10H13ClN4O3. The first-order valence-corrected chi connectivity index (χ1v) is 5.92. The van der Waals surface area contributed by atoms with Gasteiger partial charge in [-0.2, -0.15) is 0 Å². The van der Waals surface area contributed by atoms with Crippen LogP contribution in [0.25, 0.3) is 0 Å². The minimum Gasteiger partial charge on any atom is -0.375 e. The number of rotatable bonds is 2. The number of morpholine rings is 1. The number of hydrogen-bond donors (Lipinski definition) is 0. The molecule has 0 radical (unpaired) electrons. The van der Waals surface area contributed by atoms with Crippen molar-refractivity contribution in [3.8, 4) is 0 Å². The van der Waals surface area contributed by atoms with Crippen LogP contribution in [0.1, 0.15) is 12.7 Å². The smallest absolute Gasteiger partial charge is 0.348 e. The Morgan fingerprint density at radius 2 is 2.28 bits per heavy atom. The Kier molecular flexibility index (Phi) is 3.63. The van der Waals surface area contributed by atoms with Gasteiger partial charge < -0.3 is 9.64 Å². The van der Waals surface area contributed by atoms with Crippen molar-refractivity contribution >= 4 is 23.1 Å². The molecule has 0 bridgehead atoms. The van der Waals surface area contributed by atoms with Gasteiger partial charge in [0.15, 0.2) is 0 Å². The van der Waals surface area contributed by atoms with Gasteiger partial charge in [-0.05, 0) is 13.8 Å². The number of aromatic nitrogens is 2. The van der Waals surface area contributed by atoms with E-state index in [1.165, 1.54) is 0 Å². The predicted octanol–water partition coefficient (Wildman–Crippen LogP) is 1.57. The molecule has 1 aliphatic heterocycles. The zero-order valence-corrected chi connectivity index (χ0v) is 10.8. The summed E-state index contributed by atoms with van der Waals surface area (Å²) >= 11 is 5.83. The number of nitro groups is 1. The molecule has 1 aromatic heterocycles. The van der Waals surface area contributed by atoms with E-state index in [1.54, 1.807) is 6.92 Å². The molecule has 18 heavy (non-hydrogen) atoms. The summed E-state index contributed by atoms with van der Waals surface area (Å²) in [6.45, 7) is 5.18. The fourth-order valence-electron chi connectivity index (χ4n) is 1.91. The van der Waals surface area contributed by atoms with Gasteiger partial charge in [0.1, 0.15) is 5.82 Å². The molecule has 1 atom stereocenters. The van der Waals surface area contributed by atoms with E-state index in [0.717, 1.165) is 0 Å². The molecule has 1 fully saturated rings. The van der Waals surface area contributed by atoms with Crippen molar-refractivity contribution in [2.75, 3.05) is 24.6 Å². The van der Waals surface area contributed by atoms with E-state index in [2.05, 4.69) is 9.97 Å². The number of anilines is 1. The highest BCUT2D eigenvalue weighted by atomic mass is 35.5. The van der Waals surface area contributed by atoms with Gasteiger partial charge in [0, 0.05) is 13.1 Å². The Labute approximate surface area is 109 Å². The van der Waals surface area contributed by atoms with Gasteiger partial charge in [0.2, 0.25) is 11.0 Å². The van der Waals surface area contributed by atoms with Crippen LogP contribution in [0.4, 0.5) is 11.5 Å². The van der Waals surface area contributed by atoms with Crippen LogP contribution in [0.15, 0.2) is 0 Å². The second-order valence-corrected chi connectivity index (χ2v) is 4.48. The van der Waals surface area contributed by atoms with E-state index < -0.39 is 4.92 Å². The van der Waals surface area contributed by atoms with Crippen molar-refractivity contribution in [3.05, 3.63) is 21.1 Å². The van der Waals surface area contributed by atoms with Gasteiger partial charge in [-0.25, -0.2) is 9.97 Å². The molecule has 0 aliphatic carbocycles. The van der Waals surface area contributed by atoms with Crippen LogP contribution in [-0.2, 0) is 4.74 Å². The highest BCUT2D eigenvalue weighted by Gasteiger charge is 2.29. The molecule has 0 N–H and O–H groups in total. The molecule has 2 rings (SSSR count). The number of aryl methyl sites for hydroxylation is 1. The Morgan fingerprint density at radius 3 is 2.89 bits per heavy atom. The van der Waals surface area contributed by atoms with Crippen LogP contribution in [0.5, 0.6) is 0 Å². The van der Waals surface area contributed by atoms with E-state index in [-0.39, 0.29) is 22.8 Å². The quantitative estimate of drug-likeness (QED) is 0.462. The SMILES string of the molecule is Cc1nc(Cl)c([N+](=O)[O-])c(N2CCO[C@H](C)C2)n1. The van der Waals surface area contributed by atoms with E-state index >= 15 is 0 Å². The highest BCUT2D eigenvalue weighted by Crippen LogP contribution is 2.32. The minimum absolute atomic E-state index is 0.00685. The molecule has 98 valence electrons. The fourth-order valence-corrected chi connectivity index (χ4v) is 2.18. The van der Waals surface area contributed by atoms with Gasteiger partial charge in [0.25, 0.3) is 0 Å². The zero-order chi connectivity index (χ0) is 13.3. The Morgan fingerprint density at radius 1 is 1.56 bits per heavy atom. The van der Waals surface area contributed by atoms with Crippen molar-refractivity contribution in [1.82, 2.24) is 9.97 Å². The van der Waals surface area contributed by atoms with Crippen LogP contribution in [0.2, 0.25) is 5.15 Å². The Hall–Kier alpha value is -1.47. The lowest BCUT2D eigenvalue weighted by Crippen LogP contribution is -2.42. The number of ether oxygens (including phenoxy) is 1. The standard InChI is InChI=1S/C10H13ClN4O3/c1-6-5-14(3-4-18-6)10-8(15(16)17)9(11)12-7(2)13-10/h6H,3-5H2,1-2H3/t6-/m1/s1. The number of hydrogen-bond acceptors (Lipinski definition) is 6. The normalized spacial score (nSPS) is 19.9. The summed E-state index contributed by atoms with van der Waals surface area (Å²) in [6.07, 6.45) is 0.00685. The van der Waals surface area contributed by atoms with E-state index in [1.807, 2.05) is 11.8 Å². The molecule has 1 aliphatic rings. The van der Waals surface area contributed by atoms with Gasteiger partial charge in [-0.15, -0.1) is 0 Å². The van der Waals surface area contributed by atoms with Crippen LogP contribution in [-0.4, -0.2) is 40.7 Å². The topological polar surface area (TPSA) is 81.4 Å². The number of nitrogens with zero attached hydrogens (tertiary/aromatic N) is 4. The maximum Gasteiger partial charge on any atom is 0.348 e. The van der Waals surface area contributed by atoms with Crippen molar-refractivity contribution in [2.45, 2.75) is 20.0 Å². The molecule has 0 amide bonds. The first-order chi connectivity index (χ1) is 8.49. The second-order valence-electron chi connectivity index (χ2n) is 4.12. The van der Waals surface area contributed by atoms with Crippen LogP contribution in [0.3, 0.4) is 0 Å². The van der Waals surface area contributed by atoms with Gasteiger partial charge >= 0.3 is 5.69 Å². The van der Waals surface area contributed by atoms with Crippen molar-refractivity contribution < 1.29 is 9.66 Å². The average molecular weight is 273 g/mol. The Balaban J connectivity index is 2.44. The first kappa shape index (κ1) is 13.0. The summed E-state index contributed by atoms with van der Waals surface area (Å²) in [6, 6.07) is 0. The molecule has 2 heterocycles. The molecule has 1 saturated heterocycles. The molecule has 0 aromatic carbocycles. The summed E-state index contributed by atoms with van der Waals surface area (Å²) in [5.41, 5.74) is -0.239. The summed E-state index contributed by atoms with van der Waals surface area (Å²) in [5, 5.41) is 10.9. The maximum absolute atomic E-state index is 11.1. The summed E-state index contributed by atoms with van der Waals surface area (Å²) in [5.74, 6) is 0.687. The lowest BCUT2D eigenvalue weighted by molar-refractivity contribution is -0.384. The maximum atomic E-state index is 11.1. The van der Waals surface area contributed by atoms with E-state index in [4.69, 9.17) is 16.3 Å². The molecular weight excluding hydrogens is 260 g/mol. The first-order valence-electron chi connectivity index (χ1n) is 5.54. The lowest BCUT2D eigenvalue weighted by atomic mass is 10.3. The molecule has 0 spiro atoms. The third-order valence-electron chi connectivity index (χ3n) is 2.66. The summed E-state index contributed by atoms with van der Waals surface area (Å²) in [4.78, 5) is 20.3. The summed E-state index contributed by atoms with van der Waals surface area (Å²) < 4.78 is 5.40. The minimum atomic E-state index is -0.544. The zero-order valence-electron chi connectivity index (χ0n) is 10.1. The largest absolute Gasteiger partial charge is 0.375 e. The van der Waals surface area contributed by atoms with E-state index in [0.29, 0.717) is 25.5 Å². The average Bonchev–Trinajstić information content (AvgIpc) is 2.27. The lowest BCUT2D eigenvalue weighted by Gasteiger charge is -2.31. The summed E-state index contributed by atoms with van der Waals surface area (Å²) in [7, 11) is 0.